The molecule has 0 radical (unpaired) electrons. The Morgan fingerprint density at radius 2 is 1.79 bits per heavy atom. The van der Waals surface area contributed by atoms with E-state index in [1.54, 1.807) is 12.0 Å². The second-order valence-electron chi connectivity index (χ2n) is 7.45. The summed E-state index contributed by atoms with van der Waals surface area (Å²) in [5.74, 6) is -0.380. The lowest BCUT2D eigenvalue weighted by atomic mass is 9.87. The van der Waals surface area contributed by atoms with Gasteiger partial charge in [-0.15, -0.1) is 0 Å². The van der Waals surface area contributed by atoms with Crippen molar-refractivity contribution >= 4 is 11.8 Å². The van der Waals surface area contributed by atoms with E-state index in [0.29, 0.717) is 24.4 Å². The van der Waals surface area contributed by atoms with Crippen molar-refractivity contribution in [3.63, 3.8) is 0 Å². The molecule has 2 aromatic rings. The maximum absolute atomic E-state index is 13.2. The van der Waals surface area contributed by atoms with Crippen LogP contribution in [0.25, 0.3) is 0 Å². The fraction of sp³-hybridized carbons (Fsp3) is 0.364. The molecule has 0 spiro atoms. The van der Waals surface area contributed by atoms with Gasteiger partial charge in [-0.3, -0.25) is 9.59 Å². The molecule has 0 bridgehead atoms. The van der Waals surface area contributed by atoms with Gasteiger partial charge in [0.1, 0.15) is 11.6 Å². The van der Waals surface area contributed by atoms with Crippen molar-refractivity contribution in [2.75, 3.05) is 20.2 Å². The number of benzene rings is 2. The lowest BCUT2D eigenvalue weighted by Crippen LogP contribution is -2.36. The summed E-state index contributed by atoms with van der Waals surface area (Å²) in [4.78, 5) is 27.5. The van der Waals surface area contributed by atoms with Gasteiger partial charge in [-0.1, -0.05) is 18.2 Å². The number of nitrogens with zero attached hydrogens (tertiary/aromatic N) is 1. The van der Waals surface area contributed by atoms with E-state index >= 15 is 0 Å². The van der Waals surface area contributed by atoms with Crippen molar-refractivity contribution in [3.8, 4) is 5.75 Å². The van der Waals surface area contributed by atoms with Crippen LogP contribution in [0.5, 0.6) is 5.75 Å². The third-order valence-electron chi connectivity index (χ3n) is 5.50. The summed E-state index contributed by atoms with van der Waals surface area (Å²) in [7, 11) is 1.61. The number of halogens is 1. The smallest absolute Gasteiger partial charge is 0.253 e. The highest BCUT2D eigenvalue weighted by Crippen LogP contribution is 2.38. The van der Waals surface area contributed by atoms with E-state index in [1.165, 1.54) is 24.3 Å². The number of hydrogen-bond acceptors (Lipinski definition) is 3. The van der Waals surface area contributed by atoms with Crippen LogP contribution in [0, 0.1) is 11.7 Å². The maximum atomic E-state index is 13.2. The number of carbonyl (C=O) groups excluding carboxylic acids is 2. The van der Waals surface area contributed by atoms with Gasteiger partial charge < -0.3 is 15.0 Å². The summed E-state index contributed by atoms with van der Waals surface area (Å²) in [6, 6.07) is 13.4. The summed E-state index contributed by atoms with van der Waals surface area (Å²) >= 11 is 0. The topological polar surface area (TPSA) is 58.6 Å². The first-order chi connectivity index (χ1) is 13.6. The van der Waals surface area contributed by atoms with Crippen LogP contribution in [0.2, 0.25) is 0 Å². The van der Waals surface area contributed by atoms with E-state index in [9.17, 15) is 14.0 Å². The van der Waals surface area contributed by atoms with E-state index in [-0.39, 0.29) is 35.5 Å². The van der Waals surface area contributed by atoms with E-state index in [2.05, 4.69) is 5.32 Å². The molecule has 146 valence electrons. The van der Waals surface area contributed by atoms with Crippen molar-refractivity contribution < 1.29 is 18.7 Å². The Morgan fingerprint density at radius 3 is 2.46 bits per heavy atom. The average Bonchev–Trinajstić information content (AvgIpc) is 3.41. The van der Waals surface area contributed by atoms with Crippen LogP contribution in [0.1, 0.15) is 34.7 Å². The highest BCUT2D eigenvalue weighted by atomic mass is 19.1. The lowest BCUT2D eigenvalue weighted by molar-refractivity contribution is -0.125. The first-order valence-electron chi connectivity index (χ1n) is 9.55. The molecule has 2 aliphatic rings. The number of hydrogen-bond donors (Lipinski definition) is 1. The monoisotopic (exact) mass is 382 g/mol. The highest BCUT2D eigenvalue weighted by Gasteiger charge is 2.42. The van der Waals surface area contributed by atoms with Gasteiger partial charge in [0, 0.05) is 30.6 Å². The Kier molecular flexibility index (Phi) is 5.03. The molecule has 4 rings (SSSR count). The number of nitrogens with one attached hydrogen (secondary N) is 1. The van der Waals surface area contributed by atoms with Gasteiger partial charge in [0.05, 0.1) is 13.0 Å². The Morgan fingerprint density at radius 1 is 1.07 bits per heavy atom. The second-order valence-corrected chi connectivity index (χ2v) is 7.45. The molecule has 1 saturated heterocycles. The van der Waals surface area contributed by atoms with Crippen molar-refractivity contribution in [3.05, 3.63) is 65.5 Å². The number of carbonyl (C=O) groups is 2. The van der Waals surface area contributed by atoms with E-state index in [0.717, 1.165) is 18.4 Å². The summed E-state index contributed by atoms with van der Waals surface area (Å²) < 4.78 is 18.7. The van der Waals surface area contributed by atoms with Gasteiger partial charge in [0.2, 0.25) is 5.91 Å². The van der Waals surface area contributed by atoms with Crippen LogP contribution < -0.4 is 10.1 Å². The predicted molar refractivity (Wildman–Crippen MR) is 103 cm³/mol. The van der Waals surface area contributed by atoms with E-state index in [4.69, 9.17) is 4.74 Å². The first-order valence-corrected chi connectivity index (χ1v) is 9.55. The predicted octanol–water partition coefficient (Wildman–Crippen LogP) is 2.97. The Bertz CT molecular complexity index is 880. The molecule has 2 atom stereocenters. The molecule has 1 aliphatic carbocycles. The minimum Gasteiger partial charge on any atom is -0.496 e. The SMILES string of the molecule is COc1ccccc1[C@H]1CN(C(=O)c2ccc(F)cc2)C[C@H]1C(=O)NC1CC1. The number of para-hydroxylation sites is 1. The van der Waals surface area contributed by atoms with Gasteiger partial charge in [-0.25, -0.2) is 4.39 Å². The molecule has 2 fully saturated rings. The fourth-order valence-electron chi connectivity index (χ4n) is 3.83. The molecular formula is C22H23FN2O3. The molecule has 1 saturated carbocycles. The molecular weight excluding hydrogens is 359 g/mol. The van der Waals surface area contributed by atoms with Gasteiger partial charge in [-0.05, 0) is 48.7 Å². The molecule has 2 amide bonds. The molecule has 1 N–H and O–H groups in total. The van der Waals surface area contributed by atoms with Gasteiger partial charge >= 0.3 is 0 Å². The van der Waals surface area contributed by atoms with Gasteiger partial charge in [0.25, 0.3) is 5.91 Å². The molecule has 0 unspecified atom stereocenters. The zero-order valence-electron chi connectivity index (χ0n) is 15.7. The second kappa shape index (κ2) is 7.62. The van der Waals surface area contributed by atoms with Crippen LogP contribution in [0.4, 0.5) is 4.39 Å². The van der Waals surface area contributed by atoms with Gasteiger partial charge in [0.15, 0.2) is 0 Å². The summed E-state index contributed by atoms with van der Waals surface area (Å²) in [5, 5.41) is 3.07. The Hall–Kier alpha value is -2.89. The minimum absolute atomic E-state index is 0.0205. The highest BCUT2D eigenvalue weighted by molar-refractivity contribution is 5.95. The number of likely N-dealkylation sites (tertiary alicyclic amines) is 1. The van der Waals surface area contributed by atoms with Crippen molar-refractivity contribution in [1.82, 2.24) is 10.2 Å². The normalized spacial score (nSPS) is 21.4. The zero-order chi connectivity index (χ0) is 19.7. The molecule has 5 nitrogen and oxygen atoms in total. The van der Waals surface area contributed by atoms with Crippen molar-refractivity contribution in [2.45, 2.75) is 24.8 Å². The molecule has 28 heavy (non-hydrogen) atoms. The zero-order valence-corrected chi connectivity index (χ0v) is 15.7. The Labute approximate surface area is 163 Å². The quantitative estimate of drug-likeness (QED) is 0.865. The number of methoxy groups -OCH3 is 1. The van der Waals surface area contributed by atoms with Crippen LogP contribution in [-0.2, 0) is 4.79 Å². The summed E-state index contributed by atoms with van der Waals surface area (Å²) in [6.07, 6.45) is 2.02. The van der Waals surface area contributed by atoms with Crippen molar-refractivity contribution in [2.24, 2.45) is 5.92 Å². The summed E-state index contributed by atoms with van der Waals surface area (Å²) in [5.41, 5.74) is 1.35. The fourth-order valence-corrected chi connectivity index (χ4v) is 3.83. The number of ether oxygens (including phenoxy) is 1. The van der Waals surface area contributed by atoms with Crippen LogP contribution in [0.3, 0.4) is 0 Å². The summed E-state index contributed by atoms with van der Waals surface area (Å²) in [6.45, 7) is 0.747. The van der Waals surface area contributed by atoms with Crippen LogP contribution in [-0.4, -0.2) is 43.0 Å². The molecule has 0 aromatic heterocycles. The molecule has 1 heterocycles. The van der Waals surface area contributed by atoms with Gasteiger partial charge in [-0.2, -0.15) is 0 Å². The number of rotatable bonds is 5. The molecule has 6 heteroatoms. The van der Waals surface area contributed by atoms with Crippen molar-refractivity contribution in [1.29, 1.82) is 0 Å². The average molecular weight is 382 g/mol. The van der Waals surface area contributed by atoms with E-state index in [1.807, 2.05) is 24.3 Å². The third kappa shape index (κ3) is 3.72. The molecule has 2 aromatic carbocycles. The Balaban J connectivity index is 1.61. The largest absolute Gasteiger partial charge is 0.496 e. The van der Waals surface area contributed by atoms with Crippen LogP contribution in [0.15, 0.2) is 48.5 Å². The maximum Gasteiger partial charge on any atom is 0.253 e. The first kappa shape index (κ1) is 18.5. The number of amides is 2. The molecule has 1 aliphatic heterocycles. The lowest BCUT2D eigenvalue weighted by Gasteiger charge is -2.20. The standard InChI is InChI=1S/C22H23FN2O3/c1-28-20-5-3-2-4-17(20)18-12-25(13-19(18)21(26)24-16-10-11-16)22(27)14-6-8-15(23)9-7-14/h2-9,16,18-19H,10-13H2,1H3,(H,24,26)/t18-,19-/m1/s1. The van der Waals surface area contributed by atoms with Crippen LogP contribution >= 0.6 is 0 Å². The minimum atomic E-state index is -0.383. The van der Waals surface area contributed by atoms with E-state index < -0.39 is 0 Å². The third-order valence-corrected chi connectivity index (χ3v) is 5.50.